The molecule has 1 aromatic rings. The minimum Gasteiger partial charge on any atom is -0.379 e. The topological polar surface area (TPSA) is 67.4 Å². The minimum atomic E-state index is -0.249. The van der Waals surface area contributed by atoms with Crippen LogP contribution in [0.15, 0.2) is 18.2 Å². The van der Waals surface area contributed by atoms with Crippen LogP contribution >= 0.6 is 11.6 Å². The van der Waals surface area contributed by atoms with Crippen LogP contribution in [0, 0.1) is 5.92 Å². The highest BCUT2D eigenvalue weighted by molar-refractivity contribution is 6.34. The molecule has 0 aliphatic carbocycles. The van der Waals surface area contributed by atoms with Gasteiger partial charge in [0, 0.05) is 18.2 Å². The number of nitrogens with one attached hydrogen (secondary N) is 2. The maximum Gasteiger partial charge on any atom is 0.253 e. The molecule has 2 rings (SSSR count). The van der Waals surface area contributed by atoms with Crippen LogP contribution in [0.2, 0.25) is 5.02 Å². The smallest absolute Gasteiger partial charge is 0.253 e. The first kappa shape index (κ1) is 16.8. The van der Waals surface area contributed by atoms with Crippen molar-refractivity contribution < 1.29 is 14.3 Å². The van der Waals surface area contributed by atoms with Crippen LogP contribution in [0.5, 0.6) is 0 Å². The number of carbonyl (C=O) groups is 2. The Morgan fingerprint density at radius 1 is 1.36 bits per heavy atom. The molecule has 1 aromatic carbocycles. The van der Waals surface area contributed by atoms with Gasteiger partial charge in [0.15, 0.2) is 0 Å². The van der Waals surface area contributed by atoms with E-state index in [1.807, 2.05) is 13.8 Å². The van der Waals surface area contributed by atoms with Gasteiger partial charge in [-0.25, -0.2) is 0 Å². The number of anilines is 1. The molecule has 0 bridgehead atoms. The largest absolute Gasteiger partial charge is 0.379 e. The first-order chi connectivity index (χ1) is 10.5. The van der Waals surface area contributed by atoms with Gasteiger partial charge in [-0.2, -0.15) is 0 Å². The third kappa shape index (κ3) is 4.45. The SMILES string of the molecule is CC(C)C(=O)Nc1ccc(Cl)c(C(=O)N[C@H]2CCCOC2)c1. The highest BCUT2D eigenvalue weighted by Gasteiger charge is 2.19. The summed E-state index contributed by atoms with van der Waals surface area (Å²) in [5.74, 6) is -0.483. The van der Waals surface area contributed by atoms with E-state index in [0.29, 0.717) is 22.9 Å². The fraction of sp³-hybridized carbons (Fsp3) is 0.500. The Kier molecular flexibility index (Phi) is 5.80. The number of carbonyl (C=O) groups excluding carboxylic acids is 2. The van der Waals surface area contributed by atoms with Crippen molar-refractivity contribution in [2.45, 2.75) is 32.7 Å². The van der Waals surface area contributed by atoms with Crippen LogP contribution in [0.1, 0.15) is 37.0 Å². The quantitative estimate of drug-likeness (QED) is 0.895. The third-order valence-corrected chi connectivity index (χ3v) is 3.83. The zero-order valence-corrected chi connectivity index (χ0v) is 13.6. The van der Waals surface area contributed by atoms with Gasteiger partial charge >= 0.3 is 0 Å². The Morgan fingerprint density at radius 2 is 2.14 bits per heavy atom. The zero-order valence-electron chi connectivity index (χ0n) is 12.8. The van der Waals surface area contributed by atoms with E-state index >= 15 is 0 Å². The second kappa shape index (κ2) is 7.61. The number of hydrogen-bond donors (Lipinski definition) is 2. The lowest BCUT2D eigenvalue weighted by Crippen LogP contribution is -2.40. The average Bonchev–Trinajstić information content (AvgIpc) is 2.50. The zero-order chi connectivity index (χ0) is 16.1. The number of hydrogen-bond acceptors (Lipinski definition) is 3. The maximum atomic E-state index is 12.3. The molecule has 1 heterocycles. The van der Waals surface area contributed by atoms with Crippen molar-refractivity contribution >= 4 is 29.1 Å². The van der Waals surface area contributed by atoms with Crippen molar-refractivity contribution in [2.24, 2.45) is 5.92 Å². The number of amides is 2. The van der Waals surface area contributed by atoms with Crippen LogP contribution in [-0.2, 0) is 9.53 Å². The summed E-state index contributed by atoms with van der Waals surface area (Å²) >= 11 is 6.10. The first-order valence-electron chi connectivity index (χ1n) is 7.46. The van der Waals surface area contributed by atoms with E-state index < -0.39 is 0 Å². The van der Waals surface area contributed by atoms with Gasteiger partial charge in [-0.05, 0) is 31.0 Å². The predicted molar refractivity (Wildman–Crippen MR) is 86.2 cm³/mol. The van der Waals surface area contributed by atoms with Gasteiger partial charge in [0.25, 0.3) is 5.91 Å². The van der Waals surface area contributed by atoms with Gasteiger partial charge in [-0.3, -0.25) is 9.59 Å². The van der Waals surface area contributed by atoms with Crippen molar-refractivity contribution in [1.29, 1.82) is 0 Å². The molecule has 0 spiro atoms. The number of halogens is 1. The normalized spacial score (nSPS) is 18.1. The van der Waals surface area contributed by atoms with Gasteiger partial charge < -0.3 is 15.4 Å². The fourth-order valence-corrected chi connectivity index (χ4v) is 2.38. The summed E-state index contributed by atoms with van der Waals surface area (Å²) in [4.78, 5) is 24.1. The highest BCUT2D eigenvalue weighted by Crippen LogP contribution is 2.21. The second-order valence-corrected chi connectivity index (χ2v) is 6.13. The first-order valence-corrected chi connectivity index (χ1v) is 7.84. The lowest BCUT2D eigenvalue weighted by atomic mass is 10.1. The molecule has 0 aromatic heterocycles. The monoisotopic (exact) mass is 324 g/mol. The minimum absolute atomic E-state index is 0.00577. The summed E-state index contributed by atoms with van der Waals surface area (Å²) in [6.45, 7) is 4.88. The lowest BCUT2D eigenvalue weighted by molar-refractivity contribution is -0.118. The van der Waals surface area contributed by atoms with Gasteiger partial charge in [-0.1, -0.05) is 25.4 Å². The summed E-state index contributed by atoms with van der Waals surface area (Å²) in [5.41, 5.74) is 0.918. The van der Waals surface area contributed by atoms with Crippen LogP contribution in [-0.4, -0.2) is 31.1 Å². The molecule has 1 saturated heterocycles. The van der Waals surface area contributed by atoms with E-state index in [9.17, 15) is 9.59 Å². The lowest BCUT2D eigenvalue weighted by Gasteiger charge is -2.23. The van der Waals surface area contributed by atoms with Crippen molar-refractivity contribution in [1.82, 2.24) is 5.32 Å². The Bertz CT molecular complexity index is 554. The molecule has 6 heteroatoms. The molecule has 1 aliphatic rings. The number of benzene rings is 1. The van der Waals surface area contributed by atoms with Crippen molar-refractivity contribution in [3.05, 3.63) is 28.8 Å². The fourth-order valence-electron chi connectivity index (χ4n) is 2.18. The maximum absolute atomic E-state index is 12.3. The number of rotatable bonds is 4. The summed E-state index contributed by atoms with van der Waals surface area (Å²) in [6.07, 6.45) is 1.83. The van der Waals surface area contributed by atoms with Gasteiger partial charge in [0.2, 0.25) is 5.91 Å². The molecule has 1 atom stereocenters. The molecular weight excluding hydrogens is 304 g/mol. The molecule has 1 fully saturated rings. The van der Waals surface area contributed by atoms with E-state index in [1.54, 1.807) is 18.2 Å². The molecule has 2 N–H and O–H groups in total. The van der Waals surface area contributed by atoms with E-state index in [0.717, 1.165) is 19.4 Å². The Balaban J connectivity index is 2.08. The number of ether oxygens (including phenoxy) is 1. The van der Waals surface area contributed by atoms with Crippen LogP contribution in [0.4, 0.5) is 5.69 Å². The van der Waals surface area contributed by atoms with Crippen molar-refractivity contribution in [3.8, 4) is 0 Å². The molecule has 120 valence electrons. The van der Waals surface area contributed by atoms with E-state index in [1.165, 1.54) is 0 Å². The molecule has 5 nitrogen and oxygen atoms in total. The van der Waals surface area contributed by atoms with E-state index in [2.05, 4.69) is 10.6 Å². The van der Waals surface area contributed by atoms with Gasteiger partial charge in [0.05, 0.1) is 23.2 Å². The van der Waals surface area contributed by atoms with Crippen LogP contribution in [0.25, 0.3) is 0 Å². The molecule has 22 heavy (non-hydrogen) atoms. The highest BCUT2D eigenvalue weighted by atomic mass is 35.5. The predicted octanol–water partition coefficient (Wildman–Crippen LogP) is 2.84. The third-order valence-electron chi connectivity index (χ3n) is 3.50. The molecule has 1 aliphatic heterocycles. The molecule has 0 radical (unpaired) electrons. The summed E-state index contributed by atoms with van der Waals surface area (Å²) < 4.78 is 5.35. The summed E-state index contributed by atoms with van der Waals surface area (Å²) in [5, 5.41) is 6.04. The van der Waals surface area contributed by atoms with Crippen molar-refractivity contribution in [3.63, 3.8) is 0 Å². The standard InChI is InChI=1S/C16H21ClN2O3/c1-10(2)15(20)18-11-5-6-14(17)13(8-11)16(21)19-12-4-3-7-22-9-12/h5-6,8,10,12H,3-4,7,9H2,1-2H3,(H,18,20)(H,19,21)/t12-/m0/s1. The van der Waals surface area contributed by atoms with Crippen LogP contribution in [0.3, 0.4) is 0 Å². The Morgan fingerprint density at radius 3 is 2.77 bits per heavy atom. The Labute approximate surface area is 135 Å². The molecule has 2 amide bonds. The second-order valence-electron chi connectivity index (χ2n) is 5.73. The average molecular weight is 325 g/mol. The van der Waals surface area contributed by atoms with Gasteiger partial charge in [-0.15, -0.1) is 0 Å². The molecule has 0 unspecified atom stereocenters. The summed E-state index contributed by atoms with van der Waals surface area (Å²) in [7, 11) is 0. The van der Waals surface area contributed by atoms with Gasteiger partial charge in [0.1, 0.15) is 0 Å². The molecular formula is C16H21ClN2O3. The molecule has 0 saturated carbocycles. The van der Waals surface area contributed by atoms with E-state index in [-0.39, 0.29) is 23.8 Å². The Hall–Kier alpha value is -1.59. The van der Waals surface area contributed by atoms with Crippen molar-refractivity contribution in [2.75, 3.05) is 18.5 Å². The van der Waals surface area contributed by atoms with E-state index in [4.69, 9.17) is 16.3 Å². The summed E-state index contributed by atoms with van der Waals surface area (Å²) in [6, 6.07) is 4.90. The van der Waals surface area contributed by atoms with Crippen LogP contribution < -0.4 is 10.6 Å².